The third-order valence-electron chi connectivity index (χ3n) is 7.16. The molecule has 194 valence electrons. The van der Waals surface area contributed by atoms with Crippen molar-refractivity contribution >= 4 is 28.9 Å². The Morgan fingerprint density at radius 2 is 1.76 bits per heavy atom. The second-order valence-electron chi connectivity index (χ2n) is 9.99. The van der Waals surface area contributed by atoms with Gasteiger partial charge < -0.3 is 20.1 Å². The second kappa shape index (κ2) is 10.8. The highest BCUT2D eigenvalue weighted by atomic mass is 32.1. The van der Waals surface area contributed by atoms with Crippen LogP contribution >= 0.6 is 12.2 Å². The maximum Gasteiger partial charge on any atom is 0.226 e. The molecule has 3 heterocycles. The standard InChI is InChI=1S/C31H33N5OS/c1-20-11-13-25(14-12-20)36-22(3)19-26(23(36)4)30-29(27-10-5-6-16-32-27)34-31(38)35(30)17-15-28(37)33-24-9-7-8-21(2)18-24/h5-14,16,18-19,29-30H,15,17H2,1-4H3,(H,33,37)(H,34,38)/t29-,30-/m1/s1. The summed E-state index contributed by atoms with van der Waals surface area (Å²) in [6.07, 6.45) is 2.13. The molecule has 0 unspecified atom stereocenters. The Kier molecular flexibility index (Phi) is 7.29. The van der Waals surface area contributed by atoms with Gasteiger partial charge in [-0.25, -0.2) is 0 Å². The van der Waals surface area contributed by atoms with Crippen LogP contribution in [0.1, 0.15) is 52.3 Å². The fourth-order valence-electron chi connectivity index (χ4n) is 5.33. The van der Waals surface area contributed by atoms with E-state index in [1.807, 2.05) is 55.6 Å². The molecule has 5 rings (SSSR count). The highest BCUT2D eigenvalue weighted by molar-refractivity contribution is 7.80. The van der Waals surface area contributed by atoms with Crippen LogP contribution in [0.25, 0.3) is 5.69 Å². The lowest BCUT2D eigenvalue weighted by Crippen LogP contribution is -2.32. The molecule has 0 bridgehead atoms. The molecule has 6 nitrogen and oxygen atoms in total. The Labute approximate surface area is 229 Å². The van der Waals surface area contributed by atoms with Gasteiger partial charge in [0.1, 0.15) is 0 Å². The second-order valence-corrected chi connectivity index (χ2v) is 10.4. The normalized spacial score (nSPS) is 16.9. The van der Waals surface area contributed by atoms with E-state index in [2.05, 4.69) is 76.2 Å². The molecule has 1 aliphatic heterocycles. The molecule has 1 fully saturated rings. The summed E-state index contributed by atoms with van der Waals surface area (Å²) in [5, 5.41) is 7.16. The summed E-state index contributed by atoms with van der Waals surface area (Å²) in [7, 11) is 0. The van der Waals surface area contributed by atoms with Gasteiger partial charge in [-0.15, -0.1) is 0 Å². The van der Waals surface area contributed by atoms with Crippen molar-refractivity contribution in [2.75, 3.05) is 11.9 Å². The Bertz CT molecular complexity index is 1460. The fraction of sp³-hybridized carbons (Fsp3) is 0.258. The molecule has 2 aromatic heterocycles. The van der Waals surface area contributed by atoms with Crippen LogP contribution in [0.3, 0.4) is 0 Å². The molecule has 2 atom stereocenters. The highest BCUT2D eigenvalue weighted by Gasteiger charge is 2.41. The van der Waals surface area contributed by atoms with E-state index in [0.717, 1.165) is 34.0 Å². The summed E-state index contributed by atoms with van der Waals surface area (Å²) in [5.74, 6) is -0.0384. The van der Waals surface area contributed by atoms with Gasteiger partial charge in [0.05, 0.1) is 17.8 Å². The molecule has 2 aromatic carbocycles. The molecule has 0 spiro atoms. The summed E-state index contributed by atoms with van der Waals surface area (Å²) in [6, 6.07) is 24.4. The number of carbonyl (C=O) groups excluding carboxylic acids is 1. The molecule has 1 aliphatic rings. The van der Waals surface area contributed by atoms with Gasteiger partial charge >= 0.3 is 0 Å². The van der Waals surface area contributed by atoms with E-state index in [4.69, 9.17) is 12.2 Å². The maximum absolute atomic E-state index is 12.9. The van der Waals surface area contributed by atoms with Crippen LogP contribution in [-0.2, 0) is 4.79 Å². The molecule has 0 saturated carbocycles. The van der Waals surface area contributed by atoms with Gasteiger partial charge in [0.15, 0.2) is 5.11 Å². The maximum atomic E-state index is 12.9. The Balaban J connectivity index is 1.46. The predicted octanol–water partition coefficient (Wildman–Crippen LogP) is 6.11. The lowest BCUT2D eigenvalue weighted by molar-refractivity contribution is -0.116. The zero-order valence-corrected chi connectivity index (χ0v) is 23.0. The van der Waals surface area contributed by atoms with E-state index >= 15 is 0 Å². The van der Waals surface area contributed by atoms with Crippen molar-refractivity contribution in [2.45, 2.75) is 46.2 Å². The lowest BCUT2D eigenvalue weighted by Gasteiger charge is -2.28. The third-order valence-corrected chi connectivity index (χ3v) is 7.51. The fourth-order valence-corrected chi connectivity index (χ4v) is 5.66. The molecule has 0 aliphatic carbocycles. The van der Waals surface area contributed by atoms with E-state index in [1.54, 1.807) is 0 Å². The smallest absolute Gasteiger partial charge is 0.226 e. The molecule has 1 amide bonds. The summed E-state index contributed by atoms with van der Waals surface area (Å²) >= 11 is 5.83. The van der Waals surface area contributed by atoms with Crippen molar-refractivity contribution in [3.8, 4) is 5.69 Å². The first-order valence-corrected chi connectivity index (χ1v) is 13.3. The van der Waals surface area contributed by atoms with Crippen LogP contribution in [-0.4, -0.2) is 32.0 Å². The van der Waals surface area contributed by atoms with Crippen molar-refractivity contribution in [2.24, 2.45) is 0 Å². The number of hydrogen-bond donors (Lipinski definition) is 2. The Morgan fingerprint density at radius 3 is 2.47 bits per heavy atom. The van der Waals surface area contributed by atoms with Gasteiger partial charge in [0.2, 0.25) is 5.91 Å². The molecule has 2 N–H and O–H groups in total. The number of anilines is 1. The number of nitrogens with one attached hydrogen (secondary N) is 2. The Hall–Kier alpha value is -3.97. The molecule has 4 aromatic rings. The van der Waals surface area contributed by atoms with Gasteiger partial charge in [-0.3, -0.25) is 9.78 Å². The lowest BCUT2D eigenvalue weighted by atomic mass is 9.96. The quantitative estimate of drug-likeness (QED) is 0.286. The summed E-state index contributed by atoms with van der Waals surface area (Å²) in [4.78, 5) is 19.7. The highest BCUT2D eigenvalue weighted by Crippen LogP contribution is 2.41. The number of carbonyl (C=O) groups is 1. The first-order chi connectivity index (χ1) is 18.3. The van der Waals surface area contributed by atoms with E-state index in [1.165, 1.54) is 11.1 Å². The van der Waals surface area contributed by atoms with Crippen LogP contribution in [0.4, 0.5) is 5.69 Å². The van der Waals surface area contributed by atoms with Crippen molar-refractivity contribution in [1.82, 2.24) is 19.8 Å². The van der Waals surface area contributed by atoms with Crippen molar-refractivity contribution < 1.29 is 4.79 Å². The molecule has 1 saturated heterocycles. The minimum absolute atomic E-state index is 0.0384. The van der Waals surface area contributed by atoms with E-state index < -0.39 is 0 Å². The number of rotatable bonds is 7. The van der Waals surface area contributed by atoms with Gasteiger partial charge in [0, 0.05) is 41.9 Å². The minimum atomic E-state index is -0.129. The zero-order valence-electron chi connectivity index (χ0n) is 22.2. The molecular formula is C31H33N5OS. The van der Waals surface area contributed by atoms with Crippen LogP contribution in [0, 0.1) is 27.7 Å². The summed E-state index contributed by atoms with van der Waals surface area (Å²) in [5.41, 5.74) is 8.67. The van der Waals surface area contributed by atoms with Gasteiger partial charge in [-0.1, -0.05) is 35.9 Å². The SMILES string of the molecule is Cc1ccc(-n2c(C)cc([C@@H]3[C@@H](c4ccccn4)NC(=S)N3CCC(=O)Nc3cccc(C)c3)c2C)cc1. The van der Waals surface area contributed by atoms with Crippen molar-refractivity contribution in [3.63, 3.8) is 0 Å². The molecular weight excluding hydrogens is 490 g/mol. The first-order valence-electron chi connectivity index (χ1n) is 12.9. The van der Waals surface area contributed by atoms with Crippen LogP contribution in [0.2, 0.25) is 0 Å². The third kappa shape index (κ3) is 5.20. The van der Waals surface area contributed by atoms with Crippen LogP contribution in [0.15, 0.2) is 79.0 Å². The number of amides is 1. The average molecular weight is 524 g/mol. The average Bonchev–Trinajstić information content (AvgIpc) is 3.38. The largest absolute Gasteiger partial charge is 0.352 e. The van der Waals surface area contributed by atoms with Gasteiger partial charge in [-0.2, -0.15) is 0 Å². The summed E-state index contributed by atoms with van der Waals surface area (Å²) in [6.45, 7) is 8.89. The number of pyridine rings is 1. The monoisotopic (exact) mass is 523 g/mol. The van der Waals surface area contributed by atoms with E-state index in [9.17, 15) is 4.79 Å². The van der Waals surface area contributed by atoms with Crippen molar-refractivity contribution in [1.29, 1.82) is 0 Å². The van der Waals surface area contributed by atoms with E-state index in [-0.39, 0.29) is 18.0 Å². The number of aromatic nitrogens is 2. The van der Waals surface area contributed by atoms with Crippen LogP contribution in [0.5, 0.6) is 0 Å². The zero-order chi connectivity index (χ0) is 26.8. The first kappa shape index (κ1) is 25.7. The van der Waals surface area contributed by atoms with Crippen LogP contribution < -0.4 is 10.6 Å². The Morgan fingerprint density at radius 1 is 0.974 bits per heavy atom. The number of thiocarbonyl (C=S) groups is 1. The number of benzene rings is 2. The minimum Gasteiger partial charge on any atom is -0.352 e. The van der Waals surface area contributed by atoms with Gasteiger partial charge in [0.25, 0.3) is 0 Å². The molecule has 0 radical (unpaired) electrons. The molecule has 38 heavy (non-hydrogen) atoms. The molecule has 7 heteroatoms. The summed E-state index contributed by atoms with van der Waals surface area (Å²) < 4.78 is 2.29. The van der Waals surface area contributed by atoms with Gasteiger partial charge in [-0.05, 0) is 93.5 Å². The number of aryl methyl sites for hydroxylation is 3. The van der Waals surface area contributed by atoms with Crippen molar-refractivity contribution in [3.05, 3.63) is 113 Å². The van der Waals surface area contributed by atoms with E-state index in [0.29, 0.717) is 18.1 Å². The predicted molar refractivity (Wildman–Crippen MR) is 157 cm³/mol. The number of hydrogen-bond acceptors (Lipinski definition) is 3. The topological polar surface area (TPSA) is 62.2 Å². The number of nitrogens with zero attached hydrogens (tertiary/aromatic N) is 3.